The van der Waals surface area contributed by atoms with Crippen molar-refractivity contribution in [3.8, 4) is 5.75 Å². The van der Waals surface area contributed by atoms with Crippen LogP contribution in [0.2, 0.25) is 0 Å². The van der Waals surface area contributed by atoms with E-state index in [1.807, 2.05) is 6.92 Å². The number of piperazine rings is 1. The Balaban J connectivity index is 1.72. The molecule has 1 saturated heterocycles. The van der Waals surface area contributed by atoms with Crippen LogP contribution >= 0.6 is 0 Å². The van der Waals surface area contributed by atoms with Crippen molar-refractivity contribution in [2.24, 2.45) is 0 Å². The molecule has 0 radical (unpaired) electrons. The Morgan fingerprint density at radius 2 is 2.17 bits per heavy atom. The Labute approximate surface area is 108 Å². The molecule has 1 aromatic carbocycles. The number of hydrogen-bond acceptors (Lipinski definition) is 3. The van der Waals surface area contributed by atoms with Crippen molar-refractivity contribution < 1.29 is 9.13 Å². The van der Waals surface area contributed by atoms with E-state index < -0.39 is 0 Å². The second kappa shape index (κ2) is 6.71. The first kappa shape index (κ1) is 13.3. The Bertz CT molecular complexity index is 367. The van der Waals surface area contributed by atoms with Crippen LogP contribution in [0.4, 0.5) is 4.39 Å². The maximum absolute atomic E-state index is 13.0. The Morgan fingerprint density at radius 1 is 1.39 bits per heavy atom. The highest BCUT2D eigenvalue weighted by Crippen LogP contribution is 2.15. The number of nitrogens with one attached hydrogen (secondary N) is 1. The van der Waals surface area contributed by atoms with Crippen LogP contribution in [-0.4, -0.2) is 43.7 Å². The van der Waals surface area contributed by atoms with Gasteiger partial charge in [0.2, 0.25) is 0 Å². The van der Waals surface area contributed by atoms with Gasteiger partial charge in [0.1, 0.15) is 11.6 Å². The van der Waals surface area contributed by atoms with Crippen molar-refractivity contribution in [1.29, 1.82) is 0 Å². The first-order valence-corrected chi connectivity index (χ1v) is 6.59. The van der Waals surface area contributed by atoms with Crippen molar-refractivity contribution in [3.63, 3.8) is 0 Å². The number of halogens is 1. The van der Waals surface area contributed by atoms with E-state index in [1.165, 1.54) is 12.1 Å². The first-order valence-electron chi connectivity index (χ1n) is 6.59. The van der Waals surface area contributed by atoms with Crippen molar-refractivity contribution in [1.82, 2.24) is 10.2 Å². The Kier molecular flexibility index (Phi) is 4.96. The van der Waals surface area contributed by atoms with Gasteiger partial charge in [-0.3, -0.25) is 0 Å². The van der Waals surface area contributed by atoms with Crippen LogP contribution in [0.15, 0.2) is 24.3 Å². The summed E-state index contributed by atoms with van der Waals surface area (Å²) in [5.74, 6) is 0.365. The molecule has 1 fully saturated rings. The van der Waals surface area contributed by atoms with Gasteiger partial charge in [0.25, 0.3) is 0 Å². The minimum absolute atomic E-state index is 0.113. The molecule has 1 N–H and O–H groups in total. The predicted octanol–water partition coefficient (Wildman–Crippen LogP) is 1.89. The quantitative estimate of drug-likeness (QED) is 0.866. The van der Waals surface area contributed by atoms with Gasteiger partial charge in [-0.1, -0.05) is 6.07 Å². The summed E-state index contributed by atoms with van der Waals surface area (Å²) in [6.07, 6.45) is 1.08. The summed E-state index contributed by atoms with van der Waals surface area (Å²) in [7, 11) is 0. The molecule has 1 aliphatic rings. The lowest BCUT2D eigenvalue weighted by Crippen LogP contribution is -2.44. The smallest absolute Gasteiger partial charge is 0.126 e. The van der Waals surface area contributed by atoms with Gasteiger partial charge in [-0.05, 0) is 25.5 Å². The molecule has 1 aromatic rings. The standard InChI is InChI=1S/C14H21FN2O/c1-12(5-8-17-9-6-16-7-10-17)18-14-4-2-3-13(15)11-14/h2-4,11-12,16H,5-10H2,1H3. The van der Waals surface area contributed by atoms with Gasteiger partial charge in [0.05, 0.1) is 6.10 Å². The van der Waals surface area contributed by atoms with Gasteiger partial charge in [-0.15, -0.1) is 0 Å². The maximum Gasteiger partial charge on any atom is 0.126 e. The molecule has 2 rings (SSSR count). The van der Waals surface area contributed by atoms with E-state index >= 15 is 0 Å². The summed E-state index contributed by atoms with van der Waals surface area (Å²) in [6, 6.07) is 6.33. The third-order valence-electron chi connectivity index (χ3n) is 3.19. The second-order valence-corrected chi connectivity index (χ2v) is 4.77. The summed E-state index contributed by atoms with van der Waals surface area (Å²) < 4.78 is 18.7. The van der Waals surface area contributed by atoms with Crippen LogP contribution in [0.5, 0.6) is 5.75 Å². The lowest BCUT2D eigenvalue weighted by Gasteiger charge is -2.28. The van der Waals surface area contributed by atoms with E-state index in [0.29, 0.717) is 5.75 Å². The normalized spacial score (nSPS) is 18.6. The zero-order chi connectivity index (χ0) is 12.8. The topological polar surface area (TPSA) is 24.5 Å². The molecule has 0 saturated carbocycles. The number of rotatable bonds is 5. The molecule has 18 heavy (non-hydrogen) atoms. The molecule has 1 heterocycles. The van der Waals surface area contributed by atoms with Crippen molar-refractivity contribution >= 4 is 0 Å². The van der Waals surface area contributed by atoms with E-state index in [9.17, 15) is 4.39 Å². The molecule has 0 amide bonds. The molecule has 1 aliphatic heterocycles. The molecule has 0 aromatic heterocycles. The van der Waals surface area contributed by atoms with E-state index in [-0.39, 0.29) is 11.9 Å². The lowest BCUT2D eigenvalue weighted by molar-refractivity contribution is 0.167. The highest BCUT2D eigenvalue weighted by molar-refractivity contribution is 5.22. The van der Waals surface area contributed by atoms with Gasteiger partial charge in [-0.25, -0.2) is 4.39 Å². The molecule has 0 bridgehead atoms. The van der Waals surface area contributed by atoms with Crippen LogP contribution in [0.1, 0.15) is 13.3 Å². The lowest BCUT2D eigenvalue weighted by atomic mass is 10.2. The van der Waals surface area contributed by atoms with Crippen molar-refractivity contribution in [2.45, 2.75) is 19.4 Å². The summed E-state index contributed by atoms with van der Waals surface area (Å²) >= 11 is 0. The van der Waals surface area contributed by atoms with E-state index in [4.69, 9.17) is 4.74 Å². The van der Waals surface area contributed by atoms with Crippen molar-refractivity contribution in [2.75, 3.05) is 32.7 Å². The monoisotopic (exact) mass is 252 g/mol. The number of benzene rings is 1. The molecule has 0 spiro atoms. The fraction of sp³-hybridized carbons (Fsp3) is 0.571. The van der Waals surface area contributed by atoms with Crippen molar-refractivity contribution in [3.05, 3.63) is 30.1 Å². The number of ether oxygens (including phenoxy) is 1. The predicted molar refractivity (Wildman–Crippen MR) is 70.4 cm³/mol. The van der Waals surface area contributed by atoms with Crippen LogP contribution in [-0.2, 0) is 0 Å². The van der Waals surface area contributed by atoms with Crippen LogP contribution in [0, 0.1) is 5.82 Å². The number of hydrogen-bond donors (Lipinski definition) is 1. The van der Waals surface area contributed by atoms with E-state index in [2.05, 4.69) is 10.2 Å². The van der Waals surface area contributed by atoms with Gasteiger partial charge in [0, 0.05) is 38.8 Å². The van der Waals surface area contributed by atoms with E-state index in [0.717, 1.165) is 39.1 Å². The zero-order valence-electron chi connectivity index (χ0n) is 10.9. The molecule has 0 aliphatic carbocycles. The summed E-state index contributed by atoms with van der Waals surface area (Å²) in [6.45, 7) is 7.42. The Hall–Kier alpha value is -1.13. The highest BCUT2D eigenvalue weighted by Gasteiger charge is 2.11. The first-order chi connectivity index (χ1) is 8.74. The zero-order valence-corrected chi connectivity index (χ0v) is 10.9. The van der Waals surface area contributed by atoms with Crippen LogP contribution in [0.3, 0.4) is 0 Å². The van der Waals surface area contributed by atoms with Gasteiger partial charge in [0.15, 0.2) is 0 Å². The third kappa shape index (κ3) is 4.27. The molecule has 1 unspecified atom stereocenters. The molecule has 1 atom stereocenters. The molecular formula is C14H21FN2O. The molecular weight excluding hydrogens is 231 g/mol. The number of nitrogens with zero attached hydrogens (tertiary/aromatic N) is 1. The Morgan fingerprint density at radius 3 is 2.89 bits per heavy atom. The largest absolute Gasteiger partial charge is 0.491 e. The van der Waals surface area contributed by atoms with Crippen LogP contribution < -0.4 is 10.1 Å². The molecule has 4 heteroatoms. The fourth-order valence-electron chi connectivity index (χ4n) is 2.13. The maximum atomic E-state index is 13.0. The van der Waals surface area contributed by atoms with Gasteiger partial charge < -0.3 is 15.0 Å². The third-order valence-corrected chi connectivity index (χ3v) is 3.19. The SMILES string of the molecule is CC(CCN1CCNCC1)Oc1cccc(F)c1. The summed E-state index contributed by atoms with van der Waals surface area (Å²) in [4.78, 5) is 2.43. The van der Waals surface area contributed by atoms with Gasteiger partial charge in [-0.2, -0.15) is 0 Å². The van der Waals surface area contributed by atoms with Crippen LogP contribution in [0.25, 0.3) is 0 Å². The fourth-order valence-corrected chi connectivity index (χ4v) is 2.13. The minimum atomic E-state index is -0.248. The average molecular weight is 252 g/mol. The minimum Gasteiger partial charge on any atom is -0.491 e. The van der Waals surface area contributed by atoms with Gasteiger partial charge >= 0.3 is 0 Å². The molecule has 100 valence electrons. The highest BCUT2D eigenvalue weighted by atomic mass is 19.1. The summed E-state index contributed by atoms with van der Waals surface area (Å²) in [5, 5.41) is 3.33. The molecule has 3 nitrogen and oxygen atoms in total. The summed E-state index contributed by atoms with van der Waals surface area (Å²) in [5.41, 5.74) is 0. The van der Waals surface area contributed by atoms with E-state index in [1.54, 1.807) is 12.1 Å². The average Bonchev–Trinajstić information content (AvgIpc) is 2.38. The second-order valence-electron chi connectivity index (χ2n) is 4.77.